The zero-order valence-corrected chi connectivity index (χ0v) is 24.9. The van der Waals surface area contributed by atoms with Crippen LogP contribution < -0.4 is 20.7 Å². The minimum absolute atomic E-state index is 0.103. The van der Waals surface area contributed by atoms with Gasteiger partial charge in [-0.3, -0.25) is 4.79 Å². The lowest BCUT2D eigenvalue weighted by Crippen LogP contribution is -2.45. The standard InChI is InChI=1S/C31H34ClFN8O2/c1-40-12-14-41(15-13-40)11-9-30(42)37-29-18-23(8-10-34-29)36-28-19-27(25-17-22(32)6-7-26(25)33)38-39-31(28)35-20-21-4-3-5-24(16-21)43-2/h3-8,10,16-19H,9,11-15,20H2,1-2H3,(H,35,39)(H2,34,36,37,38,42). The average molecular weight is 605 g/mol. The maximum Gasteiger partial charge on any atom is 0.226 e. The molecule has 4 aromatic rings. The first-order valence-electron chi connectivity index (χ1n) is 14.0. The number of carbonyl (C=O) groups excluding carboxylic acids is 1. The molecule has 0 unspecified atom stereocenters. The van der Waals surface area contributed by atoms with Gasteiger partial charge in [-0.1, -0.05) is 23.7 Å². The molecule has 1 saturated heterocycles. The first-order valence-corrected chi connectivity index (χ1v) is 14.4. The number of aromatic nitrogens is 3. The van der Waals surface area contributed by atoms with Crippen molar-refractivity contribution in [1.82, 2.24) is 25.0 Å². The van der Waals surface area contributed by atoms with Crippen LogP contribution in [-0.2, 0) is 11.3 Å². The van der Waals surface area contributed by atoms with Gasteiger partial charge in [0.05, 0.1) is 18.5 Å². The van der Waals surface area contributed by atoms with Gasteiger partial charge >= 0.3 is 0 Å². The van der Waals surface area contributed by atoms with E-state index >= 15 is 0 Å². The van der Waals surface area contributed by atoms with Crippen LogP contribution >= 0.6 is 11.6 Å². The number of carbonyl (C=O) groups is 1. The van der Waals surface area contributed by atoms with Gasteiger partial charge in [0.2, 0.25) is 5.91 Å². The normalized spacial score (nSPS) is 13.9. The van der Waals surface area contributed by atoms with E-state index in [0.717, 1.165) is 37.5 Å². The molecule has 43 heavy (non-hydrogen) atoms. The van der Waals surface area contributed by atoms with E-state index in [0.29, 0.717) is 53.2 Å². The van der Waals surface area contributed by atoms with Crippen molar-refractivity contribution in [1.29, 1.82) is 0 Å². The van der Waals surface area contributed by atoms with Gasteiger partial charge in [0.1, 0.15) is 17.4 Å². The lowest BCUT2D eigenvalue weighted by atomic mass is 10.1. The fourth-order valence-corrected chi connectivity index (χ4v) is 4.85. The largest absolute Gasteiger partial charge is 0.497 e. The van der Waals surface area contributed by atoms with Gasteiger partial charge in [-0.05, 0) is 55.1 Å². The summed E-state index contributed by atoms with van der Waals surface area (Å²) >= 11 is 6.14. The third-order valence-corrected chi connectivity index (χ3v) is 7.38. The Morgan fingerprint density at radius 3 is 2.70 bits per heavy atom. The third-order valence-electron chi connectivity index (χ3n) is 7.15. The summed E-state index contributed by atoms with van der Waals surface area (Å²) < 4.78 is 20.0. The van der Waals surface area contributed by atoms with Crippen molar-refractivity contribution >= 4 is 40.5 Å². The molecule has 0 bridgehead atoms. The molecule has 10 nitrogen and oxygen atoms in total. The van der Waals surface area contributed by atoms with Crippen LogP contribution in [0, 0.1) is 5.82 Å². The first kappa shape index (κ1) is 30.1. The van der Waals surface area contributed by atoms with Crippen molar-refractivity contribution in [2.75, 3.05) is 62.8 Å². The van der Waals surface area contributed by atoms with Crippen LogP contribution in [0.1, 0.15) is 12.0 Å². The molecular weight excluding hydrogens is 571 g/mol. The minimum Gasteiger partial charge on any atom is -0.497 e. The lowest BCUT2D eigenvalue weighted by molar-refractivity contribution is -0.116. The van der Waals surface area contributed by atoms with Gasteiger partial charge in [-0.2, -0.15) is 0 Å². The zero-order chi connectivity index (χ0) is 30.2. The molecule has 2 aromatic carbocycles. The van der Waals surface area contributed by atoms with Gasteiger partial charge in [0, 0.05) is 74.2 Å². The van der Waals surface area contributed by atoms with Gasteiger partial charge in [0.15, 0.2) is 5.82 Å². The summed E-state index contributed by atoms with van der Waals surface area (Å²) in [4.78, 5) is 21.6. The van der Waals surface area contributed by atoms with E-state index in [1.54, 1.807) is 31.5 Å². The number of hydrogen-bond donors (Lipinski definition) is 3. The molecule has 0 atom stereocenters. The predicted molar refractivity (Wildman–Crippen MR) is 167 cm³/mol. The zero-order valence-electron chi connectivity index (χ0n) is 24.1. The van der Waals surface area contributed by atoms with Crippen LogP contribution in [0.25, 0.3) is 11.3 Å². The van der Waals surface area contributed by atoms with E-state index in [1.165, 1.54) is 18.2 Å². The van der Waals surface area contributed by atoms with Crippen molar-refractivity contribution < 1.29 is 13.9 Å². The summed E-state index contributed by atoms with van der Waals surface area (Å²) in [5.41, 5.74) is 2.71. The number of benzene rings is 2. The smallest absolute Gasteiger partial charge is 0.226 e. The van der Waals surface area contributed by atoms with Gasteiger partial charge in [-0.25, -0.2) is 9.37 Å². The summed E-state index contributed by atoms with van der Waals surface area (Å²) in [6.07, 6.45) is 1.98. The number of ether oxygens (including phenoxy) is 1. The Hall–Kier alpha value is -4.32. The number of likely N-dealkylation sites (N-methyl/N-ethyl adjacent to an activating group) is 1. The number of nitrogens with one attached hydrogen (secondary N) is 3. The maximum atomic E-state index is 14.7. The molecule has 2 aromatic heterocycles. The molecule has 5 rings (SSSR count). The molecule has 0 spiro atoms. The summed E-state index contributed by atoms with van der Waals surface area (Å²) in [5, 5.41) is 18.5. The predicted octanol–water partition coefficient (Wildman–Crippen LogP) is 5.27. The first-order chi connectivity index (χ1) is 20.9. The maximum absolute atomic E-state index is 14.7. The van der Waals surface area contributed by atoms with Crippen LogP contribution in [0.2, 0.25) is 5.02 Å². The van der Waals surface area contributed by atoms with Gasteiger partial charge in [-0.15, -0.1) is 10.2 Å². The molecule has 12 heteroatoms. The number of rotatable bonds is 11. The average Bonchev–Trinajstić information content (AvgIpc) is 3.01. The molecule has 1 aliphatic heterocycles. The Morgan fingerprint density at radius 1 is 1.05 bits per heavy atom. The van der Waals surface area contributed by atoms with Crippen LogP contribution in [-0.4, -0.2) is 77.8 Å². The number of halogens is 2. The minimum atomic E-state index is -0.466. The van der Waals surface area contributed by atoms with Crippen LogP contribution in [0.15, 0.2) is 66.9 Å². The number of piperazine rings is 1. The Kier molecular flexibility index (Phi) is 9.98. The van der Waals surface area contributed by atoms with Crippen molar-refractivity contribution in [3.8, 4) is 17.0 Å². The molecule has 224 valence electrons. The molecule has 0 saturated carbocycles. The van der Waals surface area contributed by atoms with Crippen LogP contribution in [0.4, 0.5) is 27.4 Å². The molecular formula is C31H34ClFN8O2. The number of anilines is 4. The number of nitrogens with zero attached hydrogens (tertiary/aromatic N) is 5. The van der Waals surface area contributed by atoms with Crippen LogP contribution in [0.3, 0.4) is 0 Å². The van der Waals surface area contributed by atoms with E-state index in [9.17, 15) is 9.18 Å². The third kappa shape index (κ3) is 8.38. The number of methoxy groups -OCH3 is 1. The fraction of sp³-hybridized carbons (Fsp3) is 0.290. The van der Waals surface area contributed by atoms with Gasteiger partial charge < -0.3 is 30.5 Å². The van der Waals surface area contributed by atoms with Crippen molar-refractivity contribution in [3.05, 3.63) is 83.3 Å². The fourth-order valence-electron chi connectivity index (χ4n) is 4.68. The highest BCUT2D eigenvalue weighted by atomic mass is 35.5. The van der Waals surface area contributed by atoms with E-state index in [-0.39, 0.29) is 11.5 Å². The van der Waals surface area contributed by atoms with E-state index in [4.69, 9.17) is 16.3 Å². The lowest BCUT2D eigenvalue weighted by Gasteiger charge is -2.32. The molecule has 3 heterocycles. The highest BCUT2D eigenvalue weighted by Crippen LogP contribution is 2.31. The second-order valence-electron chi connectivity index (χ2n) is 10.3. The molecule has 0 aliphatic carbocycles. The Balaban J connectivity index is 1.33. The van der Waals surface area contributed by atoms with E-state index in [2.05, 4.69) is 48.0 Å². The number of pyridine rings is 1. The summed E-state index contributed by atoms with van der Waals surface area (Å²) in [7, 11) is 3.72. The summed E-state index contributed by atoms with van der Waals surface area (Å²) in [5.74, 6) is 1.04. The molecule has 1 fully saturated rings. The monoisotopic (exact) mass is 604 g/mol. The van der Waals surface area contributed by atoms with Crippen molar-refractivity contribution in [3.63, 3.8) is 0 Å². The van der Waals surface area contributed by atoms with Gasteiger partial charge in [0.25, 0.3) is 0 Å². The summed E-state index contributed by atoms with van der Waals surface area (Å²) in [6, 6.07) is 17.2. The number of hydrogen-bond acceptors (Lipinski definition) is 9. The SMILES string of the molecule is COc1cccc(CNc2nnc(-c3cc(Cl)ccc3F)cc2Nc2ccnc(NC(=O)CCN3CCN(C)CC3)c2)c1. The van der Waals surface area contributed by atoms with Crippen molar-refractivity contribution in [2.45, 2.75) is 13.0 Å². The topological polar surface area (TPSA) is 108 Å². The highest BCUT2D eigenvalue weighted by molar-refractivity contribution is 6.30. The molecule has 0 radical (unpaired) electrons. The van der Waals surface area contributed by atoms with E-state index in [1.807, 2.05) is 24.3 Å². The number of amides is 1. The van der Waals surface area contributed by atoms with Crippen molar-refractivity contribution in [2.24, 2.45) is 0 Å². The Labute approximate surface area is 255 Å². The van der Waals surface area contributed by atoms with Crippen LogP contribution in [0.5, 0.6) is 5.75 Å². The molecule has 1 amide bonds. The summed E-state index contributed by atoms with van der Waals surface area (Å²) in [6.45, 7) is 5.06. The second-order valence-corrected chi connectivity index (χ2v) is 10.8. The quantitative estimate of drug-likeness (QED) is 0.211. The Bertz CT molecular complexity index is 1560. The second kappa shape index (κ2) is 14.2. The van der Waals surface area contributed by atoms with E-state index < -0.39 is 5.82 Å². The molecule has 3 N–H and O–H groups in total. The molecule has 1 aliphatic rings. The Morgan fingerprint density at radius 2 is 1.88 bits per heavy atom. The highest BCUT2D eigenvalue weighted by Gasteiger charge is 2.16.